The molecule has 0 rings (SSSR count). The van der Waals surface area contributed by atoms with Gasteiger partial charge in [0.2, 0.25) is 0 Å². The fraction of sp³-hybridized carbons (Fsp3) is 1.00. The molecule has 0 aromatic heterocycles. The van der Waals surface area contributed by atoms with Crippen molar-refractivity contribution in [1.29, 1.82) is 0 Å². The zero-order chi connectivity index (χ0) is 6.50. The average Bonchev–Trinajstić information content (AvgIpc) is 1.36. The van der Waals surface area contributed by atoms with Gasteiger partial charge in [-0.1, -0.05) is 0 Å². The third kappa shape index (κ3) is 10400. The first-order chi connectivity index (χ1) is 3.00. The standard InChI is InChI=1S/CH3O.ClHO4.ClH.3H3N/c1-2;2-1(3,4)5;;;;/h1H3;(H,2,3,4,5);1H;3*1H3/q-1;;;;;/p+1. The zero-order valence-corrected chi connectivity index (χ0v) is 8.31. The third-order valence-electron chi connectivity index (χ3n) is 0. The molecule has 0 atom stereocenters. The van der Waals surface area contributed by atoms with E-state index in [1.54, 1.807) is 0 Å². The molecule has 0 fully saturated rings. The smallest absolute Gasteiger partial charge is 0.112 e. The number of hydrogen-bond donors (Lipinski definition) is 3. The van der Waals surface area contributed by atoms with Crippen molar-refractivity contribution in [3.63, 3.8) is 0 Å². The maximum absolute atomic E-state index is 8.49. The van der Waals surface area contributed by atoms with E-state index in [-0.39, 0.29) is 30.9 Å². The predicted octanol–water partition coefficient (Wildman–Crippen LogP) is -7.65. The SMILES string of the molecule is C[O-].[Cl-].[NH4+].[NH4+].[NH4+].[O-][Cl+3]([O-])([O-])[O-]. The van der Waals surface area contributed by atoms with Crippen molar-refractivity contribution in [2.75, 3.05) is 7.11 Å². The summed E-state index contributed by atoms with van der Waals surface area (Å²) in [5, 5.41) is 8.25. The second-order valence-corrected chi connectivity index (χ2v) is 1.13. The Kier molecular flexibility index (Phi) is 87.4. The van der Waals surface area contributed by atoms with E-state index in [4.69, 9.17) is 23.7 Å². The summed E-state index contributed by atoms with van der Waals surface area (Å²) in [6, 6.07) is 0. The minimum absolute atomic E-state index is 0. The van der Waals surface area contributed by atoms with Crippen LogP contribution in [0.5, 0.6) is 0 Å². The lowest BCUT2D eigenvalue weighted by molar-refractivity contribution is -2.00. The molecule has 0 aliphatic rings. The fourth-order valence-corrected chi connectivity index (χ4v) is 0. The Morgan fingerprint density at radius 1 is 0.727 bits per heavy atom. The first kappa shape index (κ1) is 42.8. The highest BCUT2D eigenvalue weighted by atomic mass is 35.7. The van der Waals surface area contributed by atoms with Crippen LogP contribution in [-0.2, 0) is 0 Å². The topological polar surface area (TPSA) is 225 Å². The van der Waals surface area contributed by atoms with E-state index < -0.39 is 10.2 Å². The van der Waals surface area contributed by atoms with Crippen molar-refractivity contribution < 1.29 is 46.4 Å². The molecule has 0 saturated heterocycles. The van der Waals surface area contributed by atoms with Crippen molar-refractivity contribution in [2.45, 2.75) is 0 Å². The van der Waals surface area contributed by atoms with Gasteiger partial charge in [0, 0.05) is 0 Å². The van der Waals surface area contributed by atoms with Crippen molar-refractivity contribution in [2.24, 2.45) is 0 Å². The summed E-state index contributed by atoms with van der Waals surface area (Å²) in [4.78, 5) is 0. The van der Waals surface area contributed by atoms with Crippen LogP contribution in [0.25, 0.3) is 0 Å². The molecule has 0 radical (unpaired) electrons. The van der Waals surface area contributed by atoms with Crippen LogP contribution in [0, 0.1) is 10.2 Å². The van der Waals surface area contributed by atoms with Gasteiger partial charge in [-0.2, -0.15) is 7.11 Å². The quantitative estimate of drug-likeness (QED) is 0.360. The molecule has 0 heterocycles. The molecule has 8 nitrogen and oxygen atoms in total. The van der Waals surface area contributed by atoms with Gasteiger partial charge in [-0.3, -0.25) is 0 Å². The Hall–Kier alpha value is 0.260. The minimum Gasteiger partial charge on any atom is -1.00 e. The highest BCUT2D eigenvalue weighted by molar-refractivity contribution is 3.08. The summed E-state index contributed by atoms with van der Waals surface area (Å²) in [6.45, 7) is 0. The number of hydrogen-bond acceptors (Lipinski definition) is 5. The summed E-state index contributed by atoms with van der Waals surface area (Å²) in [5.41, 5.74) is 0. The first-order valence-corrected chi connectivity index (χ1v) is 2.26. The van der Waals surface area contributed by atoms with Crippen LogP contribution in [0.4, 0.5) is 0 Å². The Morgan fingerprint density at radius 2 is 0.727 bits per heavy atom. The van der Waals surface area contributed by atoms with Crippen LogP contribution in [0.1, 0.15) is 0 Å². The van der Waals surface area contributed by atoms with Crippen molar-refractivity contribution >= 4 is 0 Å². The fourth-order valence-electron chi connectivity index (χ4n) is 0. The Labute approximate surface area is 72.7 Å². The molecule has 11 heavy (non-hydrogen) atoms. The molecular weight excluding hydrogens is 205 g/mol. The molecule has 78 valence electrons. The molecule has 0 spiro atoms. The maximum Gasteiger partial charge on any atom is -0.112 e. The Morgan fingerprint density at radius 3 is 0.727 bits per heavy atom. The van der Waals surface area contributed by atoms with Crippen LogP contribution < -0.4 is 54.6 Å². The maximum atomic E-state index is 8.49. The van der Waals surface area contributed by atoms with Gasteiger partial charge in [-0.25, -0.2) is 18.6 Å². The van der Waals surface area contributed by atoms with Gasteiger partial charge < -0.3 is 36.0 Å². The van der Waals surface area contributed by atoms with E-state index in [1.165, 1.54) is 0 Å². The van der Waals surface area contributed by atoms with E-state index in [0.29, 0.717) is 0 Å². The van der Waals surface area contributed by atoms with Crippen molar-refractivity contribution in [1.82, 2.24) is 18.5 Å². The van der Waals surface area contributed by atoms with Gasteiger partial charge in [0.1, 0.15) is 0 Å². The summed E-state index contributed by atoms with van der Waals surface area (Å²) in [5.74, 6) is 0. The lowest BCUT2D eigenvalue weighted by Crippen LogP contribution is -3.00. The molecule has 0 aliphatic carbocycles. The van der Waals surface area contributed by atoms with Crippen LogP contribution >= 0.6 is 0 Å². The van der Waals surface area contributed by atoms with Gasteiger partial charge >= 0.3 is 0 Å². The van der Waals surface area contributed by atoms with Crippen LogP contribution in [-0.4, -0.2) is 7.11 Å². The van der Waals surface area contributed by atoms with Gasteiger partial charge in [0.25, 0.3) is 0 Å². The molecule has 0 unspecified atom stereocenters. The summed E-state index contributed by atoms with van der Waals surface area (Å²) >= 11 is 0. The molecule has 0 aromatic rings. The zero-order valence-electron chi connectivity index (χ0n) is 6.80. The highest BCUT2D eigenvalue weighted by Crippen LogP contribution is 1.49. The average molecular weight is 220 g/mol. The molecule has 0 aliphatic heterocycles. The molecule has 12 N–H and O–H groups in total. The molecule has 0 aromatic carbocycles. The lowest BCUT2D eigenvalue weighted by atomic mass is 11.8. The number of rotatable bonds is 0. The predicted molar refractivity (Wildman–Crippen MR) is 23.9 cm³/mol. The molecule has 0 amide bonds. The van der Waals surface area contributed by atoms with Crippen LogP contribution in [0.15, 0.2) is 0 Å². The Balaban J connectivity index is -0.00000000972. The van der Waals surface area contributed by atoms with Crippen molar-refractivity contribution in [3.8, 4) is 0 Å². The van der Waals surface area contributed by atoms with Crippen molar-refractivity contribution in [3.05, 3.63) is 0 Å². The normalized spacial score (nSPS) is 6.00. The summed E-state index contributed by atoms with van der Waals surface area (Å²) < 4.78 is 34.0. The van der Waals surface area contributed by atoms with E-state index in [2.05, 4.69) is 0 Å². The van der Waals surface area contributed by atoms with E-state index in [0.717, 1.165) is 7.11 Å². The first-order valence-electron chi connectivity index (χ1n) is 1.03. The van der Waals surface area contributed by atoms with Gasteiger partial charge in [0.15, 0.2) is 0 Å². The van der Waals surface area contributed by atoms with Crippen LogP contribution in [0.3, 0.4) is 0 Å². The second kappa shape index (κ2) is 22.5. The van der Waals surface area contributed by atoms with Gasteiger partial charge in [-0.05, 0) is 0 Å². The molecule has 0 saturated carbocycles. The third-order valence-corrected chi connectivity index (χ3v) is 0. The minimum atomic E-state index is -4.94. The Bertz CT molecular complexity index is 35.2. The highest BCUT2D eigenvalue weighted by Gasteiger charge is 1.84. The number of quaternary nitrogens is 3. The largest absolute Gasteiger partial charge is 1.00 e. The second-order valence-electron chi connectivity index (χ2n) is 0.378. The van der Waals surface area contributed by atoms with Crippen LogP contribution in [0.2, 0.25) is 0 Å². The van der Waals surface area contributed by atoms with E-state index >= 15 is 0 Å². The summed E-state index contributed by atoms with van der Waals surface area (Å²) in [6.07, 6.45) is 0. The molecular formula is CH15Cl2N3O5. The monoisotopic (exact) mass is 219 g/mol. The molecule has 0 bridgehead atoms. The lowest BCUT2D eigenvalue weighted by Gasteiger charge is -2.17. The summed E-state index contributed by atoms with van der Waals surface area (Å²) in [7, 11) is -4.19. The van der Waals surface area contributed by atoms with Gasteiger partial charge in [-0.15, -0.1) is 10.2 Å². The van der Waals surface area contributed by atoms with E-state index in [1.807, 2.05) is 0 Å². The van der Waals surface area contributed by atoms with E-state index in [9.17, 15) is 0 Å². The number of halogens is 2. The van der Waals surface area contributed by atoms with Gasteiger partial charge in [0.05, 0.1) is 0 Å². The molecule has 10 heteroatoms.